The lowest BCUT2D eigenvalue weighted by Crippen LogP contribution is -2.29. The Labute approximate surface area is 235 Å². The van der Waals surface area contributed by atoms with E-state index in [0.29, 0.717) is 58.2 Å². The second-order valence-corrected chi connectivity index (χ2v) is 10.2. The molecule has 202 valence electrons. The number of unbranched alkanes of at least 4 members (excludes halogenated alkanes) is 2. The summed E-state index contributed by atoms with van der Waals surface area (Å²) >= 11 is 3.45. The summed E-state index contributed by atoms with van der Waals surface area (Å²) in [5.41, 5.74) is 1.72. The van der Waals surface area contributed by atoms with Crippen LogP contribution in [0.25, 0.3) is 11.0 Å². The summed E-state index contributed by atoms with van der Waals surface area (Å²) in [7, 11) is 1.59. The number of methoxy groups -OCH3 is 1. The standard InChI is InChI=1S/C31H30BrNO6/c1-4-6-7-16-38-25-14-8-19(17-26(25)37-5-2)28-27-29(34)23-18-20(32)9-15-24(23)39-30(27)31(35)33(28)21-10-12-22(36-3)13-11-21/h8-15,17-18,28H,4-7,16H2,1-3H3. The maximum atomic E-state index is 13.9. The van der Waals surface area contributed by atoms with Gasteiger partial charge >= 0.3 is 0 Å². The number of nitrogens with zero attached hydrogens (tertiary/aromatic N) is 1. The van der Waals surface area contributed by atoms with Crippen LogP contribution in [0.2, 0.25) is 0 Å². The van der Waals surface area contributed by atoms with Gasteiger partial charge in [0.05, 0.1) is 37.3 Å². The van der Waals surface area contributed by atoms with Crippen molar-refractivity contribution in [2.75, 3.05) is 25.2 Å². The molecule has 1 unspecified atom stereocenters. The minimum atomic E-state index is -0.728. The van der Waals surface area contributed by atoms with Gasteiger partial charge in [0.15, 0.2) is 16.9 Å². The van der Waals surface area contributed by atoms with Crippen molar-refractivity contribution in [1.82, 2.24) is 0 Å². The molecule has 7 nitrogen and oxygen atoms in total. The van der Waals surface area contributed by atoms with E-state index in [1.54, 1.807) is 54.5 Å². The lowest BCUT2D eigenvalue weighted by atomic mass is 9.97. The van der Waals surface area contributed by atoms with Crippen LogP contribution in [0.5, 0.6) is 17.2 Å². The average molecular weight is 592 g/mol. The molecule has 0 aliphatic carbocycles. The predicted molar refractivity (Wildman–Crippen MR) is 154 cm³/mol. The van der Waals surface area contributed by atoms with Crippen LogP contribution in [0.1, 0.15) is 60.8 Å². The maximum absolute atomic E-state index is 13.9. The third kappa shape index (κ3) is 5.13. The third-order valence-corrected chi connectivity index (χ3v) is 7.26. The van der Waals surface area contributed by atoms with Crippen LogP contribution in [0.3, 0.4) is 0 Å². The van der Waals surface area contributed by atoms with Crippen molar-refractivity contribution in [2.45, 2.75) is 39.2 Å². The molecule has 0 saturated carbocycles. The lowest BCUT2D eigenvalue weighted by Gasteiger charge is -2.26. The molecule has 4 aromatic rings. The summed E-state index contributed by atoms with van der Waals surface area (Å²) in [5, 5.41) is 0.401. The highest BCUT2D eigenvalue weighted by molar-refractivity contribution is 9.10. The molecule has 0 saturated heterocycles. The van der Waals surface area contributed by atoms with Crippen LogP contribution < -0.4 is 24.5 Å². The molecular weight excluding hydrogens is 562 g/mol. The van der Waals surface area contributed by atoms with Gasteiger partial charge in [0.1, 0.15) is 11.3 Å². The third-order valence-electron chi connectivity index (χ3n) is 6.77. The fourth-order valence-electron chi connectivity index (χ4n) is 4.89. The Hall–Kier alpha value is -3.78. The van der Waals surface area contributed by atoms with Gasteiger partial charge in [-0.3, -0.25) is 14.5 Å². The summed E-state index contributed by atoms with van der Waals surface area (Å²) in [4.78, 5) is 29.4. The number of anilines is 1. The highest BCUT2D eigenvalue weighted by atomic mass is 79.9. The number of amides is 1. The summed E-state index contributed by atoms with van der Waals surface area (Å²) in [6.45, 7) is 5.08. The topological polar surface area (TPSA) is 78.2 Å². The predicted octanol–water partition coefficient (Wildman–Crippen LogP) is 7.28. The summed E-state index contributed by atoms with van der Waals surface area (Å²) < 4.78 is 24.1. The first-order valence-corrected chi connectivity index (χ1v) is 13.9. The molecule has 5 rings (SSSR count). The van der Waals surface area contributed by atoms with Crippen LogP contribution in [0.4, 0.5) is 5.69 Å². The largest absolute Gasteiger partial charge is 0.497 e. The van der Waals surface area contributed by atoms with Crippen molar-refractivity contribution in [3.63, 3.8) is 0 Å². The molecule has 2 heterocycles. The maximum Gasteiger partial charge on any atom is 0.295 e. The Kier molecular flexibility index (Phi) is 7.93. The van der Waals surface area contributed by atoms with E-state index < -0.39 is 6.04 Å². The van der Waals surface area contributed by atoms with Crippen molar-refractivity contribution in [1.29, 1.82) is 0 Å². The Morgan fingerprint density at radius 3 is 2.44 bits per heavy atom. The molecule has 39 heavy (non-hydrogen) atoms. The first-order chi connectivity index (χ1) is 19.0. The van der Waals surface area contributed by atoms with Crippen molar-refractivity contribution >= 4 is 38.5 Å². The number of carbonyl (C=O) groups is 1. The van der Waals surface area contributed by atoms with E-state index in [1.807, 2.05) is 25.1 Å². The molecule has 1 aliphatic rings. The zero-order chi connectivity index (χ0) is 27.5. The molecule has 1 aliphatic heterocycles. The normalized spacial score (nSPS) is 14.5. The second kappa shape index (κ2) is 11.5. The van der Waals surface area contributed by atoms with Gasteiger partial charge < -0.3 is 18.6 Å². The SMILES string of the molecule is CCCCCOc1ccc(C2c3c(oc4ccc(Br)cc4c3=O)C(=O)N2c2ccc(OC)cc2)cc1OCC. The molecule has 0 bridgehead atoms. The molecular formula is C31H30BrNO6. The van der Waals surface area contributed by atoms with Crippen LogP contribution in [0.15, 0.2) is 74.3 Å². The minimum absolute atomic E-state index is 0.0356. The highest BCUT2D eigenvalue weighted by Crippen LogP contribution is 2.43. The van der Waals surface area contributed by atoms with Gasteiger partial charge in [0, 0.05) is 10.2 Å². The number of fused-ring (bicyclic) bond motifs is 2. The van der Waals surface area contributed by atoms with E-state index in [9.17, 15) is 9.59 Å². The van der Waals surface area contributed by atoms with Crippen LogP contribution in [0, 0.1) is 0 Å². The Balaban J connectivity index is 1.67. The molecule has 1 atom stereocenters. The number of rotatable bonds is 10. The molecule has 8 heteroatoms. The number of benzene rings is 3. The van der Waals surface area contributed by atoms with E-state index in [-0.39, 0.29) is 17.1 Å². The molecule has 1 amide bonds. The van der Waals surface area contributed by atoms with E-state index >= 15 is 0 Å². The van der Waals surface area contributed by atoms with Gasteiger partial charge in [-0.2, -0.15) is 0 Å². The van der Waals surface area contributed by atoms with Gasteiger partial charge in [-0.15, -0.1) is 0 Å². The van der Waals surface area contributed by atoms with Crippen molar-refractivity contribution < 1.29 is 23.4 Å². The Bertz CT molecular complexity index is 1560. The van der Waals surface area contributed by atoms with Gasteiger partial charge in [-0.1, -0.05) is 41.8 Å². The van der Waals surface area contributed by atoms with Gasteiger partial charge in [0.2, 0.25) is 5.76 Å². The fourth-order valence-corrected chi connectivity index (χ4v) is 5.25. The number of ether oxygens (including phenoxy) is 3. The van der Waals surface area contributed by atoms with Crippen molar-refractivity contribution in [3.8, 4) is 17.2 Å². The van der Waals surface area contributed by atoms with Gasteiger partial charge in [-0.25, -0.2) is 0 Å². The quantitative estimate of drug-likeness (QED) is 0.180. The van der Waals surface area contributed by atoms with Crippen molar-refractivity contribution in [2.24, 2.45) is 0 Å². The van der Waals surface area contributed by atoms with Crippen LogP contribution in [-0.2, 0) is 0 Å². The summed E-state index contributed by atoms with van der Waals surface area (Å²) in [6.07, 6.45) is 3.13. The molecule has 0 radical (unpaired) electrons. The van der Waals surface area contributed by atoms with Crippen LogP contribution >= 0.6 is 15.9 Å². The monoisotopic (exact) mass is 591 g/mol. The molecule has 3 aromatic carbocycles. The number of hydrogen-bond donors (Lipinski definition) is 0. The van der Waals surface area contributed by atoms with Crippen LogP contribution in [-0.4, -0.2) is 26.2 Å². The van der Waals surface area contributed by atoms with E-state index in [2.05, 4.69) is 22.9 Å². The summed E-state index contributed by atoms with van der Waals surface area (Å²) in [6, 6.07) is 17.2. The minimum Gasteiger partial charge on any atom is -0.497 e. The van der Waals surface area contributed by atoms with Gasteiger partial charge in [-0.05, 0) is 73.5 Å². The Morgan fingerprint density at radius 1 is 0.923 bits per heavy atom. The van der Waals surface area contributed by atoms with Crippen molar-refractivity contribution in [3.05, 3.63) is 92.2 Å². The molecule has 0 N–H and O–H groups in total. The fraction of sp³-hybridized carbons (Fsp3) is 0.290. The number of halogens is 1. The first kappa shape index (κ1) is 26.8. The molecule has 0 fully saturated rings. The second-order valence-electron chi connectivity index (χ2n) is 9.28. The lowest BCUT2D eigenvalue weighted by molar-refractivity contribution is 0.0971. The first-order valence-electron chi connectivity index (χ1n) is 13.1. The smallest absolute Gasteiger partial charge is 0.295 e. The average Bonchev–Trinajstić information content (AvgIpc) is 3.24. The zero-order valence-electron chi connectivity index (χ0n) is 22.2. The molecule has 0 spiro atoms. The zero-order valence-corrected chi connectivity index (χ0v) is 23.7. The summed E-state index contributed by atoms with van der Waals surface area (Å²) in [5.74, 6) is 1.50. The Morgan fingerprint density at radius 2 is 1.72 bits per heavy atom. The number of carbonyl (C=O) groups excluding carboxylic acids is 1. The van der Waals surface area contributed by atoms with E-state index in [1.165, 1.54) is 0 Å². The number of hydrogen-bond acceptors (Lipinski definition) is 6. The highest BCUT2D eigenvalue weighted by Gasteiger charge is 2.44. The van der Waals surface area contributed by atoms with E-state index in [0.717, 1.165) is 23.7 Å². The van der Waals surface area contributed by atoms with Gasteiger partial charge in [0.25, 0.3) is 5.91 Å². The van der Waals surface area contributed by atoms with E-state index in [4.69, 9.17) is 18.6 Å². The molecule has 1 aromatic heterocycles.